The topological polar surface area (TPSA) is 35.5 Å². The largest absolute Gasteiger partial charge is 0.482 e. The van der Waals surface area contributed by atoms with Crippen molar-refractivity contribution in [2.75, 3.05) is 6.61 Å². The van der Waals surface area contributed by atoms with Crippen LogP contribution in [-0.4, -0.2) is 12.6 Å². The first-order valence-corrected chi connectivity index (χ1v) is 7.84. The quantitative estimate of drug-likeness (QED) is 0.795. The third-order valence-electron chi connectivity index (χ3n) is 4.18. The third kappa shape index (κ3) is 2.74. The smallest absolute Gasteiger partial charge is 0.337 e. The van der Waals surface area contributed by atoms with Crippen LogP contribution in [0.4, 0.5) is 0 Å². The molecule has 1 heterocycles. The summed E-state index contributed by atoms with van der Waals surface area (Å²) in [7, 11) is 0. The molecule has 0 radical (unpaired) electrons. The fraction of sp³-hybridized carbons (Fsp3) is 0.250. The van der Waals surface area contributed by atoms with Gasteiger partial charge in [-0.05, 0) is 13.8 Å². The predicted molar refractivity (Wildman–Crippen MR) is 88.7 cm³/mol. The van der Waals surface area contributed by atoms with Crippen molar-refractivity contribution in [2.24, 2.45) is 0 Å². The Morgan fingerprint density at radius 1 is 1.04 bits per heavy atom. The highest BCUT2D eigenvalue weighted by Crippen LogP contribution is 2.46. The normalized spacial score (nSPS) is 16.1. The second-order valence-corrected chi connectivity index (χ2v) is 5.59. The fourth-order valence-electron chi connectivity index (χ4n) is 3.07. The van der Waals surface area contributed by atoms with E-state index in [0.717, 1.165) is 11.1 Å². The highest BCUT2D eigenvalue weighted by atomic mass is 16.5. The van der Waals surface area contributed by atoms with Crippen LogP contribution in [0.5, 0.6) is 0 Å². The molecule has 0 amide bonds. The number of carbonyl (C=O) groups excluding carboxylic acids is 1. The van der Waals surface area contributed by atoms with E-state index < -0.39 is 5.60 Å². The van der Waals surface area contributed by atoms with Crippen molar-refractivity contribution in [3.8, 4) is 0 Å². The average molecular weight is 308 g/mol. The molecule has 0 saturated heterocycles. The number of esters is 1. The summed E-state index contributed by atoms with van der Waals surface area (Å²) in [5.74, 6) is 0.342. The van der Waals surface area contributed by atoms with E-state index in [4.69, 9.17) is 9.47 Å². The van der Waals surface area contributed by atoms with Gasteiger partial charge in [0.25, 0.3) is 0 Å². The molecule has 2 aromatic rings. The Hall–Kier alpha value is -2.55. The van der Waals surface area contributed by atoms with Gasteiger partial charge in [0.2, 0.25) is 0 Å². The number of rotatable bonds is 4. The van der Waals surface area contributed by atoms with Crippen LogP contribution < -0.4 is 0 Å². The molecule has 0 fully saturated rings. The Kier molecular flexibility index (Phi) is 4.20. The monoisotopic (exact) mass is 308 g/mol. The van der Waals surface area contributed by atoms with E-state index >= 15 is 0 Å². The van der Waals surface area contributed by atoms with Crippen molar-refractivity contribution in [2.45, 2.75) is 25.9 Å². The van der Waals surface area contributed by atoms with Crippen molar-refractivity contribution in [1.29, 1.82) is 0 Å². The second-order valence-electron chi connectivity index (χ2n) is 5.59. The summed E-state index contributed by atoms with van der Waals surface area (Å²) < 4.78 is 11.5. The van der Waals surface area contributed by atoms with Crippen LogP contribution in [0.2, 0.25) is 0 Å². The van der Waals surface area contributed by atoms with Gasteiger partial charge >= 0.3 is 5.97 Å². The van der Waals surface area contributed by atoms with Gasteiger partial charge in [0.05, 0.1) is 12.2 Å². The molecule has 0 unspecified atom stereocenters. The van der Waals surface area contributed by atoms with E-state index in [-0.39, 0.29) is 5.97 Å². The summed E-state index contributed by atoms with van der Waals surface area (Å²) >= 11 is 0. The summed E-state index contributed by atoms with van der Waals surface area (Å²) in [6, 6.07) is 20.0. The Morgan fingerprint density at radius 2 is 1.57 bits per heavy atom. The number of allylic oxidation sites excluding steroid dienone is 1. The maximum Gasteiger partial charge on any atom is 0.337 e. The fourth-order valence-corrected chi connectivity index (χ4v) is 3.07. The molecule has 0 atom stereocenters. The lowest BCUT2D eigenvalue weighted by Gasteiger charge is -2.31. The predicted octanol–water partition coefficient (Wildman–Crippen LogP) is 4.19. The van der Waals surface area contributed by atoms with E-state index in [1.54, 1.807) is 0 Å². The summed E-state index contributed by atoms with van der Waals surface area (Å²) in [5.41, 5.74) is 2.00. The van der Waals surface area contributed by atoms with Crippen molar-refractivity contribution in [3.05, 3.63) is 83.1 Å². The summed E-state index contributed by atoms with van der Waals surface area (Å²) in [5, 5.41) is 0. The second kappa shape index (κ2) is 6.29. The molecule has 118 valence electrons. The van der Waals surface area contributed by atoms with E-state index in [9.17, 15) is 4.79 Å². The van der Waals surface area contributed by atoms with E-state index in [0.29, 0.717) is 24.4 Å². The van der Waals surface area contributed by atoms with Gasteiger partial charge in [-0.1, -0.05) is 60.7 Å². The van der Waals surface area contributed by atoms with Gasteiger partial charge in [0.1, 0.15) is 5.76 Å². The highest BCUT2D eigenvalue weighted by Gasteiger charge is 2.45. The van der Waals surface area contributed by atoms with Crippen molar-refractivity contribution in [1.82, 2.24) is 0 Å². The Balaban J connectivity index is 2.06. The van der Waals surface area contributed by atoms with Gasteiger partial charge in [0, 0.05) is 17.5 Å². The molecule has 0 aliphatic carbocycles. The van der Waals surface area contributed by atoms with Gasteiger partial charge in [-0.2, -0.15) is 0 Å². The lowest BCUT2D eigenvalue weighted by molar-refractivity contribution is -0.138. The van der Waals surface area contributed by atoms with Gasteiger partial charge in [-0.15, -0.1) is 0 Å². The minimum Gasteiger partial charge on any atom is -0.482 e. The zero-order chi connectivity index (χ0) is 16.3. The summed E-state index contributed by atoms with van der Waals surface area (Å²) in [6.07, 6.45) is 0.478. The molecule has 0 N–H and O–H groups in total. The third-order valence-corrected chi connectivity index (χ3v) is 4.18. The Morgan fingerprint density at radius 3 is 2.04 bits per heavy atom. The Bertz CT molecular complexity index is 678. The molecule has 3 heteroatoms. The van der Waals surface area contributed by atoms with E-state index in [1.165, 1.54) is 0 Å². The maximum absolute atomic E-state index is 12.2. The molecular formula is C20H20O3. The molecule has 1 aliphatic rings. The first kappa shape index (κ1) is 15.3. The number of benzene rings is 2. The SMILES string of the molecule is CCOC(=O)C1=C(C)OC(c2ccccc2)(c2ccccc2)C1. The lowest BCUT2D eigenvalue weighted by Crippen LogP contribution is -2.27. The van der Waals surface area contributed by atoms with Crippen LogP contribution in [0.1, 0.15) is 31.4 Å². The zero-order valence-corrected chi connectivity index (χ0v) is 13.4. The Labute approximate surface area is 136 Å². The summed E-state index contributed by atoms with van der Waals surface area (Å²) in [4.78, 5) is 12.2. The van der Waals surface area contributed by atoms with Crippen LogP contribution >= 0.6 is 0 Å². The molecule has 0 spiro atoms. The van der Waals surface area contributed by atoms with Crippen LogP contribution in [-0.2, 0) is 19.9 Å². The standard InChI is InChI=1S/C20H20O3/c1-3-22-19(21)18-14-20(23-15(18)2,16-10-6-4-7-11-16)17-12-8-5-9-13-17/h4-13H,3,14H2,1-2H3. The molecule has 0 aromatic heterocycles. The lowest BCUT2D eigenvalue weighted by atomic mass is 9.82. The average Bonchev–Trinajstić information content (AvgIpc) is 2.96. The first-order chi connectivity index (χ1) is 11.2. The molecule has 0 saturated carbocycles. The molecule has 23 heavy (non-hydrogen) atoms. The van der Waals surface area contributed by atoms with Gasteiger partial charge in [-0.25, -0.2) is 4.79 Å². The molecule has 0 bridgehead atoms. The van der Waals surface area contributed by atoms with Crippen molar-refractivity contribution < 1.29 is 14.3 Å². The van der Waals surface area contributed by atoms with Gasteiger partial charge in [0.15, 0.2) is 5.60 Å². The van der Waals surface area contributed by atoms with Crippen molar-refractivity contribution >= 4 is 5.97 Å². The molecule has 3 nitrogen and oxygen atoms in total. The summed E-state index contributed by atoms with van der Waals surface area (Å²) in [6.45, 7) is 4.00. The highest BCUT2D eigenvalue weighted by molar-refractivity contribution is 5.90. The molecule has 2 aromatic carbocycles. The maximum atomic E-state index is 12.2. The number of carbonyl (C=O) groups is 1. The van der Waals surface area contributed by atoms with Crippen LogP contribution in [0, 0.1) is 0 Å². The van der Waals surface area contributed by atoms with Crippen LogP contribution in [0.3, 0.4) is 0 Å². The molecule has 3 rings (SSSR count). The van der Waals surface area contributed by atoms with Crippen LogP contribution in [0.15, 0.2) is 72.0 Å². The van der Waals surface area contributed by atoms with Gasteiger partial charge in [-0.3, -0.25) is 0 Å². The van der Waals surface area contributed by atoms with Gasteiger partial charge < -0.3 is 9.47 Å². The van der Waals surface area contributed by atoms with Crippen LogP contribution in [0.25, 0.3) is 0 Å². The van der Waals surface area contributed by atoms with E-state index in [2.05, 4.69) is 0 Å². The first-order valence-electron chi connectivity index (χ1n) is 7.84. The van der Waals surface area contributed by atoms with E-state index in [1.807, 2.05) is 74.5 Å². The number of ether oxygens (including phenoxy) is 2. The molecular weight excluding hydrogens is 288 g/mol. The zero-order valence-electron chi connectivity index (χ0n) is 13.4. The minimum absolute atomic E-state index is 0.293. The minimum atomic E-state index is -0.672. The van der Waals surface area contributed by atoms with Crippen molar-refractivity contribution in [3.63, 3.8) is 0 Å². The number of hydrogen-bond donors (Lipinski definition) is 0. The molecule has 1 aliphatic heterocycles. The number of hydrogen-bond acceptors (Lipinski definition) is 3.